The average Bonchev–Trinajstić information content (AvgIpc) is 3.17. The van der Waals surface area contributed by atoms with Gasteiger partial charge in [-0.2, -0.15) is 0 Å². The highest BCUT2D eigenvalue weighted by molar-refractivity contribution is 5.70. The van der Waals surface area contributed by atoms with E-state index >= 15 is 0 Å². The largest absolute Gasteiger partial charge is 0.481 e. The van der Waals surface area contributed by atoms with Gasteiger partial charge in [-0.15, -0.1) is 0 Å². The smallest absolute Gasteiger partial charge is 0.309 e. The molecule has 4 atom stereocenters. The van der Waals surface area contributed by atoms with Crippen molar-refractivity contribution in [2.24, 2.45) is 17.8 Å². The summed E-state index contributed by atoms with van der Waals surface area (Å²) in [5, 5.41) is 30.4. The van der Waals surface area contributed by atoms with Gasteiger partial charge in [0.15, 0.2) is 0 Å². The van der Waals surface area contributed by atoms with E-state index < -0.39 is 23.6 Å². The molecule has 0 amide bonds. The quantitative estimate of drug-likeness (QED) is 0.215. The van der Waals surface area contributed by atoms with Crippen molar-refractivity contribution in [3.8, 4) is 0 Å². The van der Waals surface area contributed by atoms with Crippen molar-refractivity contribution in [1.82, 2.24) is 0 Å². The lowest BCUT2D eigenvalue weighted by Gasteiger charge is -2.26. The van der Waals surface area contributed by atoms with Gasteiger partial charge in [0, 0.05) is 0 Å². The van der Waals surface area contributed by atoms with Gasteiger partial charge in [-0.1, -0.05) is 70.4 Å². The van der Waals surface area contributed by atoms with Crippen LogP contribution in [0.3, 0.4) is 0 Å². The minimum Gasteiger partial charge on any atom is -0.481 e. The molecule has 1 fully saturated rings. The molecular weight excluding hydrogens is 376 g/mol. The molecule has 2 aliphatic carbocycles. The van der Waals surface area contributed by atoms with E-state index in [9.17, 15) is 20.1 Å². The zero-order chi connectivity index (χ0) is 21.8. The van der Waals surface area contributed by atoms with Crippen LogP contribution < -0.4 is 0 Å². The maximum Gasteiger partial charge on any atom is 0.309 e. The van der Waals surface area contributed by atoms with Crippen LogP contribution in [-0.4, -0.2) is 33.0 Å². The number of allylic oxidation sites excluding steroid dienone is 2. The van der Waals surface area contributed by atoms with Crippen molar-refractivity contribution in [2.75, 3.05) is 0 Å². The molecule has 2 rings (SSSR count). The first-order valence-corrected chi connectivity index (χ1v) is 12.7. The molecule has 0 aliphatic heterocycles. The monoisotopic (exact) mass is 422 g/mol. The van der Waals surface area contributed by atoms with Crippen molar-refractivity contribution in [1.29, 1.82) is 0 Å². The normalized spacial score (nSPS) is 25.3. The molecule has 0 spiro atoms. The van der Waals surface area contributed by atoms with E-state index in [0.29, 0.717) is 25.2 Å². The molecule has 4 heteroatoms. The molecule has 3 N–H and O–H groups in total. The fourth-order valence-corrected chi connectivity index (χ4v) is 5.40. The third-order valence-electron chi connectivity index (χ3n) is 7.55. The van der Waals surface area contributed by atoms with Crippen LogP contribution in [0.1, 0.15) is 116 Å². The first-order chi connectivity index (χ1) is 14.4. The fourth-order valence-electron chi connectivity index (χ4n) is 5.40. The van der Waals surface area contributed by atoms with Gasteiger partial charge < -0.3 is 15.3 Å². The lowest BCUT2D eigenvalue weighted by atomic mass is 9.83. The summed E-state index contributed by atoms with van der Waals surface area (Å²) in [7, 11) is 0. The molecule has 174 valence electrons. The summed E-state index contributed by atoms with van der Waals surface area (Å²) in [5.41, 5.74) is -0.674. The molecule has 0 saturated heterocycles. The number of hydrogen-bond acceptors (Lipinski definition) is 3. The van der Waals surface area contributed by atoms with Crippen molar-refractivity contribution < 1.29 is 20.1 Å². The number of aliphatic carboxylic acids is 1. The minimum absolute atomic E-state index is 0.389. The fraction of sp³-hybridized carbons (Fsp3) is 0.885. The number of aliphatic hydroxyl groups is 2. The molecule has 2 aliphatic rings. The van der Waals surface area contributed by atoms with E-state index in [0.717, 1.165) is 50.9 Å². The van der Waals surface area contributed by atoms with Crippen LogP contribution in [0.2, 0.25) is 0 Å². The van der Waals surface area contributed by atoms with E-state index in [1.54, 1.807) is 0 Å². The van der Waals surface area contributed by atoms with Gasteiger partial charge in [0.2, 0.25) is 0 Å². The Morgan fingerprint density at radius 3 is 2.10 bits per heavy atom. The number of carboxylic acids is 1. The lowest BCUT2D eigenvalue weighted by Crippen LogP contribution is -2.32. The topological polar surface area (TPSA) is 77.8 Å². The Kier molecular flexibility index (Phi) is 11.4. The number of carboxylic acid groups (broad SMARTS) is 1. The molecule has 0 aromatic heterocycles. The van der Waals surface area contributed by atoms with Crippen molar-refractivity contribution in [2.45, 2.75) is 128 Å². The van der Waals surface area contributed by atoms with E-state index in [2.05, 4.69) is 19.1 Å². The van der Waals surface area contributed by atoms with E-state index in [4.69, 9.17) is 0 Å². The summed E-state index contributed by atoms with van der Waals surface area (Å²) in [4.78, 5) is 11.6. The van der Waals surface area contributed by atoms with Crippen molar-refractivity contribution in [3.05, 3.63) is 12.2 Å². The van der Waals surface area contributed by atoms with Gasteiger partial charge in [-0.25, -0.2) is 0 Å². The highest BCUT2D eigenvalue weighted by Crippen LogP contribution is 2.35. The van der Waals surface area contributed by atoms with Crippen LogP contribution in [0.4, 0.5) is 0 Å². The first-order valence-electron chi connectivity index (χ1n) is 12.7. The Hall–Kier alpha value is -0.870. The maximum absolute atomic E-state index is 11.6. The van der Waals surface area contributed by atoms with E-state index in [-0.39, 0.29) is 0 Å². The second-order valence-corrected chi connectivity index (χ2v) is 10.1. The molecule has 0 bridgehead atoms. The Morgan fingerprint density at radius 1 is 0.967 bits per heavy atom. The number of hydrogen-bond donors (Lipinski definition) is 3. The van der Waals surface area contributed by atoms with E-state index in [1.807, 2.05) is 0 Å². The first kappa shape index (κ1) is 25.4. The van der Waals surface area contributed by atoms with Crippen LogP contribution in [0.15, 0.2) is 12.2 Å². The van der Waals surface area contributed by atoms with Crippen LogP contribution in [0.25, 0.3) is 0 Å². The van der Waals surface area contributed by atoms with Crippen molar-refractivity contribution in [3.63, 3.8) is 0 Å². The van der Waals surface area contributed by atoms with Gasteiger partial charge in [0.25, 0.3) is 0 Å². The van der Waals surface area contributed by atoms with Gasteiger partial charge in [0.05, 0.1) is 17.6 Å². The summed E-state index contributed by atoms with van der Waals surface area (Å²) in [5.74, 6) is -0.118. The van der Waals surface area contributed by atoms with Crippen LogP contribution in [0, 0.1) is 17.8 Å². The highest BCUT2D eigenvalue weighted by Gasteiger charge is 2.33. The van der Waals surface area contributed by atoms with Crippen molar-refractivity contribution >= 4 is 5.97 Å². The molecule has 0 aromatic rings. The molecule has 0 radical (unpaired) electrons. The number of aliphatic hydroxyl groups excluding tert-OH is 1. The third-order valence-corrected chi connectivity index (χ3v) is 7.55. The van der Waals surface area contributed by atoms with Gasteiger partial charge in [-0.05, 0) is 69.6 Å². The predicted octanol–water partition coefficient (Wildman–Crippen LogP) is 6.25. The van der Waals surface area contributed by atoms with Gasteiger partial charge in [0.1, 0.15) is 0 Å². The molecule has 4 nitrogen and oxygen atoms in total. The number of carbonyl (C=O) groups is 1. The minimum atomic E-state index is -0.898. The number of unbranched alkanes of at least 4 members (excludes halogenated alkanes) is 4. The Labute approximate surface area is 184 Å². The summed E-state index contributed by atoms with van der Waals surface area (Å²) < 4.78 is 0. The predicted molar refractivity (Wildman–Crippen MR) is 122 cm³/mol. The van der Waals surface area contributed by atoms with E-state index in [1.165, 1.54) is 44.9 Å². The van der Waals surface area contributed by atoms with Crippen LogP contribution in [-0.2, 0) is 4.79 Å². The summed E-state index contributed by atoms with van der Waals surface area (Å²) in [6, 6.07) is 0. The van der Waals surface area contributed by atoms with Crippen LogP contribution >= 0.6 is 0 Å². The molecule has 1 saturated carbocycles. The molecular formula is C26H46O4. The molecule has 0 aromatic carbocycles. The Bertz CT molecular complexity index is 509. The number of rotatable bonds is 15. The van der Waals surface area contributed by atoms with Gasteiger partial charge in [-0.3, -0.25) is 4.79 Å². The average molecular weight is 423 g/mol. The zero-order valence-corrected chi connectivity index (χ0v) is 19.2. The molecule has 0 heterocycles. The highest BCUT2D eigenvalue weighted by atomic mass is 16.4. The summed E-state index contributed by atoms with van der Waals surface area (Å²) in [6.07, 6.45) is 21.3. The Morgan fingerprint density at radius 2 is 1.57 bits per heavy atom. The third kappa shape index (κ3) is 9.09. The molecule has 0 unspecified atom stereocenters. The standard InChI is InChI=1S/C26H46O4/c1-2-3-5-10-21-13-15-22(16-14-21)11-6-4-7-12-23(25(28)29)24(27)17-20-26(30)18-8-9-19-26/h13,15,21-24,27,30H,2-12,14,16-20H2,1H3,(H,28,29)/t21-,22-,23-,24+/m0/s1. The lowest BCUT2D eigenvalue weighted by molar-refractivity contribution is -0.146. The zero-order valence-electron chi connectivity index (χ0n) is 19.2. The second-order valence-electron chi connectivity index (χ2n) is 10.1. The summed E-state index contributed by atoms with van der Waals surface area (Å²) in [6.45, 7) is 2.26. The SMILES string of the molecule is CCCCC[C@H]1C=C[C@H](CCCCC[C@H](C(=O)O)[C@H](O)CCC2(O)CCCC2)CC1. The van der Waals surface area contributed by atoms with Crippen LogP contribution in [0.5, 0.6) is 0 Å². The second kappa shape index (κ2) is 13.5. The Balaban J connectivity index is 1.59. The maximum atomic E-state index is 11.6. The van der Waals surface area contributed by atoms with Gasteiger partial charge >= 0.3 is 5.97 Å². The summed E-state index contributed by atoms with van der Waals surface area (Å²) >= 11 is 0. The molecule has 30 heavy (non-hydrogen) atoms.